The second-order valence-electron chi connectivity index (χ2n) is 5.83. The molecule has 0 amide bonds. The van der Waals surface area contributed by atoms with Gasteiger partial charge in [-0.3, -0.25) is 0 Å². The van der Waals surface area contributed by atoms with Crippen molar-refractivity contribution in [2.45, 2.75) is 32.6 Å². The topological polar surface area (TPSA) is 0 Å². The molecule has 16 heavy (non-hydrogen) atoms. The summed E-state index contributed by atoms with van der Waals surface area (Å²) < 4.78 is 13.8. The second-order valence-corrected chi connectivity index (χ2v) is 5.83. The van der Waals surface area contributed by atoms with Gasteiger partial charge in [-0.25, -0.2) is 4.39 Å². The quantitative estimate of drug-likeness (QED) is 0.697. The van der Waals surface area contributed by atoms with Crippen LogP contribution in [0, 0.1) is 29.5 Å². The summed E-state index contributed by atoms with van der Waals surface area (Å²) in [4.78, 5) is 0. The number of benzene rings is 1. The van der Waals surface area contributed by atoms with E-state index in [1.165, 1.54) is 12.8 Å². The first kappa shape index (κ1) is 10.3. The predicted molar refractivity (Wildman–Crippen MR) is 63.7 cm³/mol. The monoisotopic (exact) mass is 218 g/mol. The summed E-state index contributed by atoms with van der Waals surface area (Å²) in [5, 5.41) is 0. The van der Waals surface area contributed by atoms with Crippen LogP contribution in [0.4, 0.5) is 4.39 Å². The number of hydrogen-bond acceptors (Lipinski definition) is 0. The smallest absolute Gasteiger partial charge is 0.126 e. The summed E-state index contributed by atoms with van der Waals surface area (Å²) in [5.74, 6) is 3.76. The molecule has 0 nitrogen and oxygen atoms in total. The lowest BCUT2D eigenvalue weighted by atomic mass is 9.86. The maximum atomic E-state index is 13.8. The average molecular weight is 218 g/mol. The van der Waals surface area contributed by atoms with Crippen molar-refractivity contribution in [2.24, 2.45) is 23.7 Å². The number of fused-ring (bicyclic) bond motifs is 1. The Balaban J connectivity index is 1.86. The van der Waals surface area contributed by atoms with Gasteiger partial charge in [-0.2, -0.15) is 0 Å². The lowest BCUT2D eigenvalue weighted by molar-refractivity contribution is 0.343. The molecule has 86 valence electrons. The maximum absolute atomic E-state index is 13.8. The Hall–Kier alpha value is -0.850. The third kappa shape index (κ3) is 1.49. The van der Waals surface area contributed by atoms with Crippen molar-refractivity contribution >= 4 is 0 Å². The van der Waals surface area contributed by atoms with E-state index in [4.69, 9.17) is 0 Å². The van der Waals surface area contributed by atoms with E-state index < -0.39 is 0 Å². The minimum atomic E-state index is 0.00237. The summed E-state index contributed by atoms with van der Waals surface area (Å²) in [6.45, 7) is 4.62. The summed E-state index contributed by atoms with van der Waals surface area (Å²) in [5.41, 5.74) is 0.971. The van der Waals surface area contributed by atoms with Crippen molar-refractivity contribution in [3.63, 3.8) is 0 Å². The van der Waals surface area contributed by atoms with E-state index in [2.05, 4.69) is 13.8 Å². The van der Waals surface area contributed by atoms with Crippen LogP contribution in [0.15, 0.2) is 24.3 Å². The largest absolute Gasteiger partial charge is 0.207 e. The molecule has 1 heteroatoms. The standard InChI is InChI=1S/C15H19F/c1-9(2)11-7-12(14-8-13(11)14)10-5-3-4-6-15(10)16/h3-6,9,11-14H,7-8H2,1-2H3/t11-,12+,13?,14?/m1/s1. The maximum Gasteiger partial charge on any atom is 0.126 e. The molecule has 2 aliphatic carbocycles. The van der Waals surface area contributed by atoms with Gasteiger partial charge in [-0.05, 0) is 54.1 Å². The fourth-order valence-electron chi connectivity index (χ4n) is 3.73. The molecule has 3 rings (SSSR count). The molecular formula is C15H19F. The molecule has 0 bridgehead atoms. The summed E-state index contributed by atoms with van der Waals surface area (Å²) in [6, 6.07) is 7.35. The van der Waals surface area contributed by atoms with Crippen molar-refractivity contribution in [3.8, 4) is 0 Å². The van der Waals surface area contributed by atoms with Gasteiger partial charge in [0.1, 0.15) is 5.82 Å². The summed E-state index contributed by atoms with van der Waals surface area (Å²) >= 11 is 0. The molecule has 2 saturated carbocycles. The Labute approximate surface area is 96.9 Å². The van der Waals surface area contributed by atoms with Crippen LogP contribution in [0.1, 0.15) is 38.2 Å². The van der Waals surface area contributed by atoms with Gasteiger partial charge < -0.3 is 0 Å². The van der Waals surface area contributed by atoms with Gasteiger partial charge in [-0.1, -0.05) is 32.0 Å². The minimum Gasteiger partial charge on any atom is -0.207 e. The first-order valence-electron chi connectivity index (χ1n) is 6.43. The fraction of sp³-hybridized carbons (Fsp3) is 0.600. The lowest BCUT2D eigenvalue weighted by Gasteiger charge is -2.19. The zero-order chi connectivity index (χ0) is 11.3. The van der Waals surface area contributed by atoms with Crippen LogP contribution < -0.4 is 0 Å². The van der Waals surface area contributed by atoms with Gasteiger partial charge in [0.15, 0.2) is 0 Å². The minimum absolute atomic E-state index is 0.00237. The molecule has 0 aliphatic heterocycles. The van der Waals surface area contributed by atoms with Crippen molar-refractivity contribution in [2.75, 3.05) is 0 Å². The molecule has 1 aromatic carbocycles. The van der Waals surface area contributed by atoms with E-state index in [1.54, 1.807) is 12.1 Å². The fourth-order valence-corrected chi connectivity index (χ4v) is 3.73. The summed E-state index contributed by atoms with van der Waals surface area (Å²) in [7, 11) is 0. The molecule has 0 aromatic heterocycles. The average Bonchev–Trinajstić information content (AvgIpc) is 2.94. The third-order valence-electron chi connectivity index (χ3n) is 4.65. The molecule has 0 heterocycles. The highest BCUT2D eigenvalue weighted by Gasteiger charge is 2.55. The van der Waals surface area contributed by atoms with Crippen LogP contribution in [0.2, 0.25) is 0 Å². The number of rotatable bonds is 2. The zero-order valence-electron chi connectivity index (χ0n) is 9.99. The third-order valence-corrected chi connectivity index (χ3v) is 4.65. The SMILES string of the molecule is CC(C)[C@H]1C[C@@H](c2ccccc2F)C2CC21. The first-order chi connectivity index (χ1) is 7.68. The Morgan fingerprint density at radius 2 is 1.88 bits per heavy atom. The molecule has 2 fully saturated rings. The molecule has 4 atom stereocenters. The van der Waals surface area contributed by atoms with Crippen molar-refractivity contribution < 1.29 is 4.39 Å². The van der Waals surface area contributed by atoms with E-state index in [0.717, 1.165) is 29.2 Å². The summed E-state index contributed by atoms with van der Waals surface area (Å²) in [6.07, 6.45) is 2.54. The van der Waals surface area contributed by atoms with Crippen LogP contribution in [0.3, 0.4) is 0 Å². The zero-order valence-corrected chi connectivity index (χ0v) is 9.99. The van der Waals surface area contributed by atoms with Crippen LogP contribution in [-0.4, -0.2) is 0 Å². The van der Waals surface area contributed by atoms with Crippen LogP contribution >= 0.6 is 0 Å². The highest BCUT2D eigenvalue weighted by Crippen LogP contribution is 2.64. The van der Waals surface area contributed by atoms with Crippen LogP contribution in [0.25, 0.3) is 0 Å². The van der Waals surface area contributed by atoms with E-state index in [9.17, 15) is 4.39 Å². The van der Waals surface area contributed by atoms with Crippen LogP contribution in [-0.2, 0) is 0 Å². The van der Waals surface area contributed by atoms with E-state index in [1.807, 2.05) is 12.1 Å². The Morgan fingerprint density at radius 3 is 2.50 bits per heavy atom. The van der Waals surface area contributed by atoms with E-state index in [-0.39, 0.29) is 5.82 Å². The lowest BCUT2D eigenvalue weighted by Crippen LogP contribution is -2.09. The Kier molecular flexibility index (Phi) is 2.31. The molecule has 0 spiro atoms. The second kappa shape index (κ2) is 3.58. The Morgan fingerprint density at radius 1 is 1.12 bits per heavy atom. The highest BCUT2D eigenvalue weighted by molar-refractivity contribution is 5.27. The van der Waals surface area contributed by atoms with Gasteiger partial charge in [0.25, 0.3) is 0 Å². The van der Waals surface area contributed by atoms with Gasteiger partial charge in [0, 0.05) is 0 Å². The van der Waals surface area contributed by atoms with Gasteiger partial charge in [0.2, 0.25) is 0 Å². The molecule has 1 aromatic rings. The normalized spacial score (nSPS) is 36.5. The Bertz CT molecular complexity index is 396. The van der Waals surface area contributed by atoms with Gasteiger partial charge in [0.05, 0.1) is 0 Å². The molecule has 0 radical (unpaired) electrons. The highest BCUT2D eigenvalue weighted by atomic mass is 19.1. The van der Waals surface area contributed by atoms with Crippen molar-refractivity contribution in [3.05, 3.63) is 35.6 Å². The number of halogens is 1. The predicted octanol–water partition coefficient (Wildman–Crippen LogP) is 4.22. The molecule has 2 aliphatic rings. The van der Waals surface area contributed by atoms with Gasteiger partial charge in [-0.15, -0.1) is 0 Å². The van der Waals surface area contributed by atoms with Crippen molar-refractivity contribution in [1.82, 2.24) is 0 Å². The van der Waals surface area contributed by atoms with Crippen molar-refractivity contribution in [1.29, 1.82) is 0 Å². The molecule has 2 unspecified atom stereocenters. The van der Waals surface area contributed by atoms with E-state index in [0.29, 0.717) is 5.92 Å². The molecule has 0 N–H and O–H groups in total. The molecule has 0 saturated heterocycles. The number of hydrogen-bond donors (Lipinski definition) is 0. The van der Waals surface area contributed by atoms with E-state index >= 15 is 0 Å². The molecular weight excluding hydrogens is 199 g/mol. The first-order valence-corrected chi connectivity index (χ1v) is 6.43. The van der Waals surface area contributed by atoms with Gasteiger partial charge >= 0.3 is 0 Å². The van der Waals surface area contributed by atoms with Crippen LogP contribution in [0.5, 0.6) is 0 Å².